The highest BCUT2D eigenvalue weighted by Crippen LogP contribution is 2.52. The van der Waals surface area contributed by atoms with Gasteiger partial charge in [0.25, 0.3) is 0 Å². The average Bonchev–Trinajstić information content (AvgIpc) is 2.76. The summed E-state index contributed by atoms with van der Waals surface area (Å²) in [4.78, 5) is 38.5. The summed E-state index contributed by atoms with van der Waals surface area (Å²) >= 11 is 5.76. The molecule has 114 valence electrons. The second-order valence-corrected chi connectivity index (χ2v) is 6.68. The lowest BCUT2D eigenvalue weighted by molar-refractivity contribution is -0.143. The maximum Gasteiger partial charge on any atom is 0.238 e. The maximum atomic E-state index is 13.3. The van der Waals surface area contributed by atoms with Gasteiger partial charge in [0.05, 0.1) is 22.5 Å². The van der Waals surface area contributed by atoms with Crippen molar-refractivity contribution in [1.82, 2.24) is 0 Å². The standard InChI is InChI=1S/C16H13ClFNO3/c17-10-6-8(2-4-11(10)18)19-15(21)13-7-1-3-9(12(20)5-7)14(13)16(19)22/h2,4,6-7,9,13-14H,1,3,5H2. The van der Waals surface area contributed by atoms with Crippen molar-refractivity contribution < 1.29 is 18.8 Å². The van der Waals surface area contributed by atoms with Gasteiger partial charge in [0.2, 0.25) is 11.8 Å². The van der Waals surface area contributed by atoms with Crippen molar-refractivity contribution in [1.29, 1.82) is 0 Å². The number of rotatable bonds is 1. The van der Waals surface area contributed by atoms with Gasteiger partial charge in [-0.2, -0.15) is 0 Å². The van der Waals surface area contributed by atoms with Crippen LogP contribution in [0.25, 0.3) is 0 Å². The van der Waals surface area contributed by atoms with Crippen molar-refractivity contribution in [3.05, 3.63) is 29.0 Å². The molecule has 4 fully saturated rings. The number of hydrogen-bond donors (Lipinski definition) is 0. The Morgan fingerprint density at radius 1 is 1.09 bits per heavy atom. The number of halogens is 2. The fourth-order valence-electron chi connectivity index (χ4n) is 4.26. The van der Waals surface area contributed by atoms with Gasteiger partial charge in [0, 0.05) is 12.3 Å². The quantitative estimate of drug-likeness (QED) is 0.747. The molecule has 2 amide bonds. The number of hydrogen-bond acceptors (Lipinski definition) is 3. The monoisotopic (exact) mass is 321 g/mol. The van der Waals surface area contributed by atoms with Crippen molar-refractivity contribution in [2.75, 3.05) is 4.90 Å². The molecule has 1 aliphatic heterocycles. The second kappa shape index (κ2) is 4.62. The summed E-state index contributed by atoms with van der Waals surface area (Å²) in [6.45, 7) is 0. The fraction of sp³-hybridized carbons (Fsp3) is 0.438. The predicted molar refractivity (Wildman–Crippen MR) is 76.7 cm³/mol. The number of carbonyl (C=O) groups is 3. The molecule has 22 heavy (non-hydrogen) atoms. The summed E-state index contributed by atoms with van der Waals surface area (Å²) in [5.74, 6) is -2.47. The summed E-state index contributed by atoms with van der Waals surface area (Å²) in [5.41, 5.74) is 0.280. The van der Waals surface area contributed by atoms with Crippen molar-refractivity contribution in [2.45, 2.75) is 19.3 Å². The molecular weight excluding hydrogens is 309 g/mol. The number of benzene rings is 1. The van der Waals surface area contributed by atoms with Gasteiger partial charge in [-0.3, -0.25) is 14.4 Å². The third-order valence-electron chi connectivity index (χ3n) is 5.23. The number of ketones is 1. The number of fused-ring (bicyclic) bond motifs is 2. The zero-order valence-electron chi connectivity index (χ0n) is 11.6. The third-order valence-corrected chi connectivity index (χ3v) is 5.52. The number of carbonyl (C=O) groups excluding carboxylic acids is 3. The topological polar surface area (TPSA) is 54.5 Å². The first-order chi connectivity index (χ1) is 10.5. The Morgan fingerprint density at radius 2 is 1.82 bits per heavy atom. The van der Waals surface area contributed by atoms with Crippen LogP contribution in [0.5, 0.6) is 0 Å². The Balaban J connectivity index is 1.77. The normalized spacial score (nSPS) is 33.5. The van der Waals surface area contributed by atoms with E-state index < -0.39 is 17.7 Å². The van der Waals surface area contributed by atoms with Crippen molar-refractivity contribution in [2.24, 2.45) is 23.7 Å². The van der Waals surface area contributed by atoms with Gasteiger partial charge in [-0.25, -0.2) is 9.29 Å². The third kappa shape index (κ3) is 1.72. The summed E-state index contributed by atoms with van der Waals surface area (Å²) < 4.78 is 13.3. The second-order valence-electron chi connectivity index (χ2n) is 6.28. The Morgan fingerprint density at radius 3 is 2.50 bits per heavy atom. The van der Waals surface area contributed by atoms with Gasteiger partial charge in [-0.15, -0.1) is 0 Å². The molecule has 0 radical (unpaired) electrons. The van der Waals surface area contributed by atoms with Crippen molar-refractivity contribution in [3.8, 4) is 0 Å². The molecular formula is C16H13ClFNO3. The number of imide groups is 1. The van der Waals surface area contributed by atoms with Gasteiger partial charge in [0.1, 0.15) is 11.6 Å². The summed E-state index contributed by atoms with van der Waals surface area (Å²) in [5, 5.41) is -0.132. The molecule has 4 unspecified atom stereocenters. The van der Waals surface area contributed by atoms with Crippen molar-refractivity contribution in [3.63, 3.8) is 0 Å². The summed E-state index contributed by atoms with van der Waals surface area (Å²) in [7, 11) is 0. The molecule has 5 rings (SSSR count). The van der Waals surface area contributed by atoms with E-state index in [4.69, 9.17) is 11.6 Å². The van der Waals surface area contributed by atoms with E-state index in [0.29, 0.717) is 12.8 Å². The van der Waals surface area contributed by atoms with E-state index in [1.807, 2.05) is 0 Å². The van der Waals surface area contributed by atoms with Gasteiger partial charge in [-0.05, 0) is 37.0 Å². The molecule has 2 bridgehead atoms. The molecule has 0 spiro atoms. The SMILES string of the molecule is O=C1CC2CCC1C1C(=O)N(c3ccc(F)c(Cl)c3)C(=O)C21. The molecule has 4 aliphatic rings. The number of anilines is 1. The molecule has 1 saturated heterocycles. The van der Waals surface area contributed by atoms with Gasteiger partial charge in [-0.1, -0.05) is 11.6 Å². The Labute approximate surface area is 131 Å². The number of Topliss-reactive ketones (excluding diaryl/α,β-unsaturated/α-hetero) is 1. The molecule has 1 aromatic rings. The van der Waals surface area contributed by atoms with E-state index in [9.17, 15) is 18.8 Å². The molecule has 0 N–H and O–H groups in total. The minimum Gasteiger partial charge on any atom is -0.299 e. The molecule has 3 aliphatic carbocycles. The molecule has 6 heteroatoms. The van der Waals surface area contributed by atoms with E-state index in [0.717, 1.165) is 17.4 Å². The molecule has 4 nitrogen and oxygen atoms in total. The Kier molecular flexibility index (Phi) is 2.92. The first kappa shape index (κ1) is 13.9. The summed E-state index contributed by atoms with van der Waals surface area (Å²) in [6.07, 6.45) is 1.89. The smallest absolute Gasteiger partial charge is 0.238 e. The highest BCUT2D eigenvalue weighted by molar-refractivity contribution is 6.31. The lowest BCUT2D eigenvalue weighted by Gasteiger charge is -2.41. The minimum atomic E-state index is -0.600. The van der Waals surface area contributed by atoms with E-state index in [1.54, 1.807) is 0 Å². The molecule has 0 aromatic heterocycles. The van der Waals surface area contributed by atoms with Gasteiger partial charge >= 0.3 is 0 Å². The van der Waals surface area contributed by atoms with E-state index in [2.05, 4.69) is 0 Å². The lowest BCUT2D eigenvalue weighted by atomic mass is 9.59. The van der Waals surface area contributed by atoms with Crippen LogP contribution in [-0.4, -0.2) is 17.6 Å². The van der Waals surface area contributed by atoms with Gasteiger partial charge in [0.15, 0.2) is 0 Å². The largest absolute Gasteiger partial charge is 0.299 e. The molecule has 3 saturated carbocycles. The van der Waals surface area contributed by atoms with Crippen LogP contribution in [0.4, 0.5) is 10.1 Å². The van der Waals surface area contributed by atoms with E-state index in [-0.39, 0.29) is 40.1 Å². The van der Waals surface area contributed by atoms with E-state index in [1.165, 1.54) is 12.1 Å². The van der Waals surface area contributed by atoms with Crippen LogP contribution in [0.2, 0.25) is 5.02 Å². The molecule has 1 heterocycles. The van der Waals surface area contributed by atoms with Crippen LogP contribution in [0.3, 0.4) is 0 Å². The average molecular weight is 322 g/mol. The molecule has 1 aromatic carbocycles. The van der Waals surface area contributed by atoms with Crippen LogP contribution in [0.1, 0.15) is 19.3 Å². The highest BCUT2D eigenvalue weighted by atomic mass is 35.5. The van der Waals surface area contributed by atoms with Crippen LogP contribution >= 0.6 is 11.6 Å². The summed E-state index contributed by atoms with van der Waals surface area (Å²) in [6, 6.07) is 3.80. The first-order valence-electron chi connectivity index (χ1n) is 7.34. The Hall–Kier alpha value is -1.75. The fourth-order valence-corrected chi connectivity index (χ4v) is 4.44. The Bertz CT molecular complexity index is 719. The van der Waals surface area contributed by atoms with Crippen LogP contribution in [0.15, 0.2) is 18.2 Å². The number of nitrogens with zero attached hydrogens (tertiary/aromatic N) is 1. The first-order valence-corrected chi connectivity index (χ1v) is 7.72. The van der Waals surface area contributed by atoms with Crippen LogP contribution in [-0.2, 0) is 14.4 Å². The van der Waals surface area contributed by atoms with Crippen LogP contribution < -0.4 is 4.90 Å². The zero-order valence-corrected chi connectivity index (χ0v) is 12.3. The van der Waals surface area contributed by atoms with Gasteiger partial charge < -0.3 is 0 Å². The van der Waals surface area contributed by atoms with Crippen LogP contribution in [0, 0.1) is 29.5 Å². The highest BCUT2D eigenvalue weighted by Gasteiger charge is 2.60. The lowest BCUT2D eigenvalue weighted by Crippen LogP contribution is -2.46. The zero-order chi connectivity index (χ0) is 15.6. The number of amides is 2. The minimum absolute atomic E-state index is 0.0418. The molecule has 4 atom stereocenters. The predicted octanol–water partition coefficient (Wildman–Crippen LogP) is 2.58. The maximum absolute atomic E-state index is 13.3. The van der Waals surface area contributed by atoms with Crippen molar-refractivity contribution >= 4 is 34.9 Å². The van der Waals surface area contributed by atoms with E-state index >= 15 is 0 Å².